The van der Waals surface area contributed by atoms with Crippen LogP contribution in [0.25, 0.3) is 0 Å². The van der Waals surface area contributed by atoms with Crippen LogP contribution in [-0.2, 0) is 28.6 Å². The molecule has 2 unspecified atom stereocenters. The number of esters is 2. The van der Waals surface area contributed by atoms with Gasteiger partial charge in [-0.1, -0.05) is 155 Å². The van der Waals surface area contributed by atoms with Gasteiger partial charge in [0.05, 0.1) is 40.3 Å². The van der Waals surface area contributed by atoms with Crippen molar-refractivity contribution >= 4 is 17.9 Å². The molecule has 0 aromatic heterocycles. The van der Waals surface area contributed by atoms with Crippen molar-refractivity contribution in [1.82, 2.24) is 0 Å². The van der Waals surface area contributed by atoms with Crippen LogP contribution >= 0.6 is 0 Å². The SMILES string of the molecule is CC/C=C\C/C=C\C/C=C\C/C=C\C/C=C\CCCCCC(=O)OC(COCCC(C(=O)[O-])[N+](C)(C)C)COC(=O)CCCCCCCC/C=C\C/C=C\C/C=C\C/C=C\CC. The monoisotopic (exact) mass is 862 g/mol. The Morgan fingerprint density at radius 3 is 1.27 bits per heavy atom. The minimum absolute atomic E-state index is 0.0148. The van der Waals surface area contributed by atoms with Gasteiger partial charge in [0, 0.05) is 19.3 Å². The number of hydrogen-bond donors (Lipinski definition) is 0. The molecule has 0 spiro atoms. The molecule has 350 valence electrons. The van der Waals surface area contributed by atoms with Gasteiger partial charge in [0.15, 0.2) is 6.10 Å². The average Bonchev–Trinajstić information content (AvgIpc) is 3.23. The number of rotatable bonds is 41. The van der Waals surface area contributed by atoms with E-state index >= 15 is 0 Å². The second-order valence-corrected chi connectivity index (χ2v) is 16.6. The lowest BCUT2D eigenvalue weighted by atomic mass is 10.1. The zero-order chi connectivity index (χ0) is 45.6. The minimum Gasteiger partial charge on any atom is -0.544 e. The van der Waals surface area contributed by atoms with Crippen molar-refractivity contribution in [2.45, 2.75) is 174 Å². The Bertz CT molecular complexity index is 1370. The van der Waals surface area contributed by atoms with E-state index < -0.39 is 18.1 Å². The molecule has 0 aliphatic heterocycles. The molecule has 0 aromatic rings. The maximum absolute atomic E-state index is 12.8. The van der Waals surface area contributed by atoms with Gasteiger partial charge in [-0.2, -0.15) is 0 Å². The van der Waals surface area contributed by atoms with Crippen LogP contribution in [0.2, 0.25) is 0 Å². The van der Waals surface area contributed by atoms with E-state index in [1.807, 2.05) is 0 Å². The summed E-state index contributed by atoms with van der Waals surface area (Å²) in [5, 5.41) is 11.7. The third-order valence-corrected chi connectivity index (χ3v) is 9.90. The highest BCUT2D eigenvalue weighted by atomic mass is 16.6. The number of quaternary nitrogens is 1. The first-order chi connectivity index (χ1) is 30.1. The zero-order valence-corrected chi connectivity index (χ0v) is 39.7. The van der Waals surface area contributed by atoms with Crippen molar-refractivity contribution in [2.24, 2.45) is 0 Å². The second kappa shape index (κ2) is 43.6. The fourth-order valence-corrected chi connectivity index (χ4v) is 6.26. The Kier molecular flexibility index (Phi) is 40.8. The lowest BCUT2D eigenvalue weighted by Crippen LogP contribution is -2.55. The van der Waals surface area contributed by atoms with Crippen LogP contribution in [-0.4, -0.2) is 75.5 Å². The highest BCUT2D eigenvalue weighted by Crippen LogP contribution is 2.12. The fourth-order valence-electron chi connectivity index (χ4n) is 6.26. The molecule has 0 N–H and O–H groups in total. The van der Waals surface area contributed by atoms with Gasteiger partial charge in [-0.15, -0.1) is 0 Å². The number of carbonyl (C=O) groups is 3. The molecule has 8 nitrogen and oxygen atoms in total. The van der Waals surface area contributed by atoms with E-state index in [9.17, 15) is 19.5 Å². The van der Waals surface area contributed by atoms with E-state index in [0.29, 0.717) is 12.8 Å². The van der Waals surface area contributed by atoms with Crippen molar-refractivity contribution in [2.75, 3.05) is 41.0 Å². The van der Waals surface area contributed by atoms with Crippen LogP contribution in [0.3, 0.4) is 0 Å². The largest absolute Gasteiger partial charge is 0.544 e. The quantitative estimate of drug-likeness (QED) is 0.0261. The molecular weight excluding hydrogens is 775 g/mol. The van der Waals surface area contributed by atoms with Crippen LogP contribution in [0.4, 0.5) is 0 Å². The number of carboxylic acid groups (broad SMARTS) is 1. The van der Waals surface area contributed by atoms with Crippen molar-refractivity contribution in [3.8, 4) is 0 Å². The Balaban J connectivity index is 4.41. The standard InChI is InChI=1S/C54H87NO7/c1-6-8-10-12-14-16-18-20-22-24-26-28-30-32-34-36-38-40-42-44-52(56)61-49-50(48-60-47-46-51(54(58)59)55(3,4)5)62-53(57)45-43-41-39-37-35-33-31-29-27-25-23-21-19-17-15-13-11-9-7-2/h8-11,14-17,20-23,26-29,33,35,50-51H,6-7,12-13,18-19,24-25,30-32,34,36-49H2,1-5H3/b10-8-,11-9-,16-14-,17-15-,22-20-,23-21-,28-26-,29-27-,35-33-. The van der Waals surface area contributed by atoms with E-state index in [0.717, 1.165) is 109 Å². The Hall–Kier alpha value is -4.01. The second-order valence-electron chi connectivity index (χ2n) is 16.6. The first kappa shape index (κ1) is 58.0. The molecular formula is C54H87NO7. The number of carboxylic acids is 1. The van der Waals surface area contributed by atoms with E-state index in [-0.39, 0.29) is 49.1 Å². The zero-order valence-electron chi connectivity index (χ0n) is 39.7. The molecule has 0 aromatic carbocycles. The topological polar surface area (TPSA) is 102 Å². The van der Waals surface area contributed by atoms with Gasteiger partial charge < -0.3 is 28.6 Å². The molecule has 0 aliphatic carbocycles. The van der Waals surface area contributed by atoms with Gasteiger partial charge in [-0.3, -0.25) is 9.59 Å². The van der Waals surface area contributed by atoms with Gasteiger partial charge in [0.25, 0.3) is 0 Å². The fraction of sp³-hybridized carbons (Fsp3) is 0.611. The summed E-state index contributed by atoms with van der Waals surface area (Å²) in [5.74, 6) is -1.81. The third kappa shape index (κ3) is 41.3. The Morgan fingerprint density at radius 1 is 0.484 bits per heavy atom. The third-order valence-electron chi connectivity index (χ3n) is 9.90. The van der Waals surface area contributed by atoms with Crippen LogP contribution in [0.1, 0.15) is 162 Å². The Morgan fingerprint density at radius 2 is 0.855 bits per heavy atom. The van der Waals surface area contributed by atoms with E-state index in [1.54, 1.807) is 21.1 Å². The number of ether oxygens (including phenoxy) is 3. The molecule has 0 aliphatic rings. The Labute approximate surface area is 378 Å². The molecule has 0 amide bonds. The molecule has 0 heterocycles. The average molecular weight is 862 g/mol. The highest BCUT2D eigenvalue weighted by Gasteiger charge is 2.25. The first-order valence-electron chi connectivity index (χ1n) is 23.9. The van der Waals surface area contributed by atoms with Gasteiger partial charge in [-0.25, -0.2) is 0 Å². The molecule has 0 saturated carbocycles. The number of allylic oxidation sites excluding steroid dienone is 18. The first-order valence-corrected chi connectivity index (χ1v) is 23.9. The minimum atomic E-state index is -1.14. The van der Waals surface area contributed by atoms with Gasteiger partial charge >= 0.3 is 11.9 Å². The summed E-state index contributed by atoms with van der Waals surface area (Å²) >= 11 is 0. The summed E-state index contributed by atoms with van der Waals surface area (Å²) in [6, 6.07) is -0.742. The molecule has 0 radical (unpaired) electrons. The maximum Gasteiger partial charge on any atom is 0.306 e. The van der Waals surface area contributed by atoms with Crippen LogP contribution in [0.5, 0.6) is 0 Å². The van der Waals surface area contributed by atoms with Crippen LogP contribution in [0.15, 0.2) is 109 Å². The van der Waals surface area contributed by atoms with Gasteiger partial charge in [0.1, 0.15) is 12.6 Å². The van der Waals surface area contributed by atoms with Gasteiger partial charge in [-0.05, 0) is 96.3 Å². The maximum atomic E-state index is 12.8. The van der Waals surface area contributed by atoms with Crippen molar-refractivity contribution in [3.05, 3.63) is 109 Å². The molecule has 8 heteroatoms. The lowest BCUT2D eigenvalue weighted by molar-refractivity contribution is -0.889. The number of unbranched alkanes of at least 4 members (excludes halogenated alkanes) is 9. The highest BCUT2D eigenvalue weighted by molar-refractivity contribution is 5.70. The number of nitrogens with zero attached hydrogens (tertiary/aromatic N) is 1. The number of hydrogen-bond acceptors (Lipinski definition) is 7. The molecule has 0 bridgehead atoms. The van der Waals surface area contributed by atoms with E-state index in [1.165, 1.54) is 12.8 Å². The molecule has 0 saturated heterocycles. The summed E-state index contributed by atoms with van der Waals surface area (Å²) in [6.07, 6.45) is 59.7. The normalized spacial score (nSPS) is 13.9. The predicted octanol–water partition coefficient (Wildman–Crippen LogP) is 12.3. The molecule has 2 atom stereocenters. The summed E-state index contributed by atoms with van der Waals surface area (Å²) < 4.78 is 17.2. The molecule has 0 fully saturated rings. The summed E-state index contributed by atoms with van der Waals surface area (Å²) in [4.78, 5) is 37.0. The van der Waals surface area contributed by atoms with Crippen LogP contribution in [0, 0.1) is 0 Å². The van der Waals surface area contributed by atoms with E-state index in [2.05, 4.69) is 123 Å². The van der Waals surface area contributed by atoms with Crippen LogP contribution < -0.4 is 5.11 Å². The van der Waals surface area contributed by atoms with Gasteiger partial charge in [0.2, 0.25) is 0 Å². The van der Waals surface area contributed by atoms with Crippen molar-refractivity contribution in [3.63, 3.8) is 0 Å². The smallest absolute Gasteiger partial charge is 0.306 e. The van der Waals surface area contributed by atoms with Crippen molar-refractivity contribution in [1.29, 1.82) is 0 Å². The van der Waals surface area contributed by atoms with Crippen molar-refractivity contribution < 1.29 is 38.2 Å². The summed E-state index contributed by atoms with van der Waals surface area (Å²) in [6.45, 7) is 4.37. The predicted molar refractivity (Wildman–Crippen MR) is 258 cm³/mol. The summed E-state index contributed by atoms with van der Waals surface area (Å²) in [5.41, 5.74) is 0. The summed E-state index contributed by atoms with van der Waals surface area (Å²) in [7, 11) is 5.38. The van der Waals surface area contributed by atoms with E-state index in [4.69, 9.17) is 14.2 Å². The lowest BCUT2D eigenvalue weighted by Gasteiger charge is -2.34. The number of carbonyl (C=O) groups excluding carboxylic acids is 3. The number of aliphatic carboxylic acids is 1. The number of likely N-dealkylation sites (N-methyl/N-ethyl adjacent to an activating group) is 1. The molecule has 62 heavy (non-hydrogen) atoms. The molecule has 0 rings (SSSR count).